The Labute approximate surface area is 194 Å². The Hall–Kier alpha value is -2.70. The van der Waals surface area contributed by atoms with Gasteiger partial charge in [-0.25, -0.2) is 4.39 Å². The zero-order chi connectivity index (χ0) is 23.6. The van der Waals surface area contributed by atoms with Crippen molar-refractivity contribution < 1.29 is 24.1 Å². The minimum Gasteiger partial charge on any atom is -0.488 e. The molecule has 0 aliphatic carbocycles. The maximum Gasteiger partial charge on any atom is 0.310 e. The summed E-state index contributed by atoms with van der Waals surface area (Å²) < 4.78 is 20.1. The van der Waals surface area contributed by atoms with Crippen molar-refractivity contribution in [2.45, 2.75) is 52.7 Å². The molecule has 2 aromatic rings. The molecule has 2 aliphatic heterocycles. The number of hydrogen-bond donors (Lipinski definition) is 2. The highest BCUT2D eigenvalue weighted by Gasteiger charge is 2.37. The molecule has 4 rings (SSSR count). The number of ether oxygens (including phenoxy) is 1. The molecule has 0 unspecified atom stereocenters. The van der Waals surface area contributed by atoms with Gasteiger partial charge in [-0.3, -0.25) is 4.79 Å². The van der Waals surface area contributed by atoms with E-state index in [1.165, 1.54) is 17.7 Å². The van der Waals surface area contributed by atoms with Crippen LogP contribution in [0.25, 0.3) is 5.57 Å². The van der Waals surface area contributed by atoms with E-state index in [-0.39, 0.29) is 19.0 Å². The van der Waals surface area contributed by atoms with Gasteiger partial charge in [0.2, 0.25) is 0 Å². The van der Waals surface area contributed by atoms with Gasteiger partial charge in [-0.1, -0.05) is 31.6 Å². The zero-order valence-corrected chi connectivity index (χ0v) is 19.4. The number of hydrogen-bond acceptors (Lipinski definition) is 4. The Morgan fingerprint density at radius 2 is 1.82 bits per heavy atom. The summed E-state index contributed by atoms with van der Waals surface area (Å²) in [7, 11) is 0. The van der Waals surface area contributed by atoms with Gasteiger partial charge in [0.1, 0.15) is 18.2 Å². The Kier molecular flexibility index (Phi) is 6.86. The van der Waals surface area contributed by atoms with Gasteiger partial charge in [-0.05, 0) is 66.6 Å². The fourth-order valence-corrected chi connectivity index (χ4v) is 5.11. The second-order valence-electron chi connectivity index (χ2n) is 9.13. The van der Waals surface area contributed by atoms with Crippen molar-refractivity contribution in [1.82, 2.24) is 4.90 Å². The van der Waals surface area contributed by atoms with E-state index in [2.05, 4.69) is 4.90 Å². The Morgan fingerprint density at radius 1 is 1.09 bits per heavy atom. The Morgan fingerprint density at radius 3 is 2.45 bits per heavy atom. The summed E-state index contributed by atoms with van der Waals surface area (Å²) in [6.07, 6.45) is 2.82. The summed E-state index contributed by atoms with van der Waals surface area (Å²) in [4.78, 5) is 14.2. The largest absolute Gasteiger partial charge is 0.488 e. The van der Waals surface area contributed by atoms with E-state index in [4.69, 9.17) is 4.74 Å². The van der Waals surface area contributed by atoms with E-state index < -0.39 is 11.4 Å². The van der Waals surface area contributed by atoms with Crippen LogP contribution in [0.2, 0.25) is 0 Å². The summed E-state index contributed by atoms with van der Waals surface area (Å²) >= 11 is 0. The van der Waals surface area contributed by atoms with Crippen molar-refractivity contribution >= 4 is 11.5 Å². The average Bonchev–Trinajstić information content (AvgIpc) is 2.98. The first-order chi connectivity index (χ1) is 15.9. The first kappa shape index (κ1) is 23.5. The minimum absolute atomic E-state index is 0.0642. The number of halogens is 1. The number of likely N-dealkylation sites (tertiary alicyclic amines) is 1. The Balaban J connectivity index is 1.71. The number of piperidine rings is 1. The molecule has 0 bridgehead atoms. The summed E-state index contributed by atoms with van der Waals surface area (Å²) in [6.45, 7) is 6.23. The van der Waals surface area contributed by atoms with Crippen molar-refractivity contribution in [3.63, 3.8) is 0 Å². The molecule has 1 saturated heterocycles. The van der Waals surface area contributed by atoms with Crippen LogP contribution in [0.4, 0.5) is 4.39 Å². The molecule has 0 spiro atoms. The maximum atomic E-state index is 14.0. The van der Waals surface area contributed by atoms with Gasteiger partial charge in [0.25, 0.3) is 0 Å². The number of carboxylic acids is 1. The molecule has 1 fully saturated rings. The van der Waals surface area contributed by atoms with Gasteiger partial charge >= 0.3 is 5.97 Å². The molecule has 0 atom stereocenters. The molecule has 176 valence electrons. The van der Waals surface area contributed by atoms with E-state index in [9.17, 15) is 19.4 Å². The zero-order valence-electron chi connectivity index (χ0n) is 19.4. The van der Waals surface area contributed by atoms with Crippen molar-refractivity contribution in [2.75, 3.05) is 19.6 Å². The molecule has 0 aromatic heterocycles. The molecule has 6 heteroatoms. The predicted octanol–water partition coefficient (Wildman–Crippen LogP) is 5.00. The molecule has 33 heavy (non-hydrogen) atoms. The number of fused-ring (bicyclic) bond motifs is 2. The van der Waals surface area contributed by atoms with Crippen LogP contribution in [0.5, 0.6) is 5.75 Å². The molecule has 2 aliphatic rings. The van der Waals surface area contributed by atoms with Gasteiger partial charge in [0.15, 0.2) is 0 Å². The van der Waals surface area contributed by atoms with Crippen LogP contribution < -0.4 is 4.74 Å². The van der Waals surface area contributed by atoms with Crippen molar-refractivity contribution in [3.8, 4) is 5.75 Å². The van der Waals surface area contributed by atoms with Gasteiger partial charge in [0.05, 0.1) is 12.0 Å². The van der Waals surface area contributed by atoms with Crippen molar-refractivity contribution in [1.29, 1.82) is 0 Å². The predicted molar refractivity (Wildman–Crippen MR) is 125 cm³/mol. The third-order valence-corrected chi connectivity index (χ3v) is 7.36. The van der Waals surface area contributed by atoms with Gasteiger partial charge in [0, 0.05) is 30.8 Å². The molecule has 2 N–H and O–H groups in total. The van der Waals surface area contributed by atoms with Gasteiger partial charge < -0.3 is 19.8 Å². The second kappa shape index (κ2) is 9.65. The number of aliphatic carboxylic acids is 1. The lowest BCUT2D eigenvalue weighted by molar-refractivity contribution is -0.150. The lowest BCUT2D eigenvalue weighted by Gasteiger charge is -2.37. The molecular formula is C27H32FNO4. The monoisotopic (exact) mass is 453 g/mol. The molecule has 0 radical (unpaired) electrons. The fourth-order valence-electron chi connectivity index (χ4n) is 5.11. The smallest absolute Gasteiger partial charge is 0.310 e. The molecule has 2 aromatic carbocycles. The number of rotatable bonds is 6. The van der Waals surface area contributed by atoms with Crippen LogP contribution in [-0.2, 0) is 18.0 Å². The highest BCUT2D eigenvalue weighted by molar-refractivity contribution is 5.87. The lowest BCUT2D eigenvalue weighted by Crippen LogP contribution is -2.44. The Bertz CT molecular complexity index is 1060. The summed E-state index contributed by atoms with van der Waals surface area (Å²) in [5.41, 5.74) is 5.11. The number of aliphatic hydroxyl groups is 1. The molecule has 0 saturated carbocycles. The lowest BCUT2D eigenvalue weighted by atomic mass is 9.81. The quantitative estimate of drug-likeness (QED) is 0.644. The first-order valence-corrected chi connectivity index (χ1v) is 11.7. The number of carbonyl (C=O) groups is 1. The highest BCUT2D eigenvalue weighted by atomic mass is 19.1. The molecule has 5 nitrogen and oxygen atoms in total. The topological polar surface area (TPSA) is 70.0 Å². The van der Waals surface area contributed by atoms with E-state index >= 15 is 0 Å². The van der Waals surface area contributed by atoms with Crippen molar-refractivity contribution in [3.05, 3.63) is 70.0 Å². The SMILES string of the molecule is CCC(CC)(CN1CCC(=C2c3ccc(F)cc3COc3ccc(CO)cc32)CC1)C(=O)O. The molecular weight excluding hydrogens is 421 g/mol. The average molecular weight is 454 g/mol. The number of aliphatic hydroxyl groups excluding tert-OH is 1. The molecule has 2 heterocycles. The first-order valence-electron chi connectivity index (χ1n) is 11.7. The number of carboxylic acid groups (broad SMARTS) is 1. The van der Waals surface area contributed by atoms with Crippen LogP contribution in [0.3, 0.4) is 0 Å². The minimum atomic E-state index is -0.723. The van der Waals surface area contributed by atoms with Crippen LogP contribution in [0, 0.1) is 11.2 Å². The second-order valence-corrected chi connectivity index (χ2v) is 9.13. The van der Waals surface area contributed by atoms with E-state index in [1.807, 2.05) is 38.1 Å². The number of nitrogens with zero attached hydrogens (tertiary/aromatic N) is 1. The van der Waals surface area contributed by atoms with E-state index in [1.54, 1.807) is 0 Å². The van der Waals surface area contributed by atoms with Crippen LogP contribution >= 0.6 is 0 Å². The van der Waals surface area contributed by atoms with Gasteiger partial charge in [-0.15, -0.1) is 0 Å². The van der Waals surface area contributed by atoms with E-state index in [0.717, 1.165) is 59.5 Å². The normalized spacial score (nSPS) is 16.6. The number of benzene rings is 2. The molecule has 0 amide bonds. The summed E-state index contributed by atoms with van der Waals surface area (Å²) in [5, 5.41) is 19.5. The van der Waals surface area contributed by atoms with Crippen LogP contribution in [0.1, 0.15) is 61.8 Å². The third-order valence-electron chi connectivity index (χ3n) is 7.36. The van der Waals surface area contributed by atoms with Crippen LogP contribution in [0.15, 0.2) is 42.0 Å². The standard InChI is InChI=1S/C27H32FNO4/c1-3-27(4-2,26(31)32)17-29-11-9-19(10-12-29)25-22-7-6-21(28)14-20(22)16-33-24-8-5-18(15-30)13-23(24)25/h5-8,13-14,30H,3-4,9-12,15-17H2,1-2H3,(H,31,32). The van der Waals surface area contributed by atoms with Gasteiger partial charge in [-0.2, -0.15) is 0 Å². The summed E-state index contributed by atoms with van der Waals surface area (Å²) in [6, 6.07) is 10.5. The maximum absolute atomic E-state index is 14.0. The third kappa shape index (κ3) is 4.55. The van der Waals surface area contributed by atoms with E-state index in [0.29, 0.717) is 19.4 Å². The highest BCUT2D eigenvalue weighted by Crippen LogP contribution is 2.42. The fraction of sp³-hybridized carbons (Fsp3) is 0.444. The van der Waals surface area contributed by atoms with Crippen molar-refractivity contribution in [2.24, 2.45) is 5.41 Å². The van der Waals surface area contributed by atoms with Crippen LogP contribution in [-0.4, -0.2) is 40.7 Å². The summed E-state index contributed by atoms with van der Waals surface area (Å²) in [5.74, 6) is -0.280.